The van der Waals surface area contributed by atoms with Gasteiger partial charge in [0.15, 0.2) is 23.1 Å². The van der Waals surface area contributed by atoms with Gasteiger partial charge in [0, 0.05) is 41.6 Å². The third kappa shape index (κ3) is 7.13. The number of hydrazine groups is 1. The highest BCUT2D eigenvalue weighted by Crippen LogP contribution is 2.44. The lowest BCUT2D eigenvalue weighted by Gasteiger charge is -2.30. The number of aliphatic hydroxyl groups is 1. The SMILES string of the molecule is C=CC[C@]1(C(=O)NNCCc2ccc(OC)c(OC)c2)N=C(c2ccc(OCCCO)cc2)O[C@H]1c1ccccc1Br. The number of rotatable bonds is 15. The Hall–Kier alpha value is -3.86. The third-order valence-electron chi connectivity index (χ3n) is 6.86. The number of nitrogens with zero attached hydrogens (tertiary/aromatic N) is 1. The standard InChI is InChI=1S/C32H36BrN3O6/c1-4-17-32(31(38)36-34-18-16-22-10-15-27(39-2)28(21-22)40-3)29(25-8-5-6-9-26(25)33)42-30(35-32)23-11-13-24(14-12-23)41-20-7-19-37/h4-6,8-15,21,29,34,37H,1,7,16-20H2,2-3H3,(H,36,38)/t29-,32-/m0/s1. The Kier molecular flexibility index (Phi) is 11.0. The fourth-order valence-corrected chi connectivity index (χ4v) is 5.19. The van der Waals surface area contributed by atoms with Crippen molar-refractivity contribution in [1.29, 1.82) is 0 Å². The summed E-state index contributed by atoms with van der Waals surface area (Å²) >= 11 is 3.63. The molecule has 4 rings (SSSR count). The molecule has 0 saturated heterocycles. The van der Waals surface area contributed by atoms with Gasteiger partial charge in [0.1, 0.15) is 5.75 Å². The zero-order chi connectivity index (χ0) is 30.0. The maximum atomic E-state index is 13.9. The average molecular weight is 639 g/mol. The van der Waals surface area contributed by atoms with E-state index >= 15 is 0 Å². The van der Waals surface area contributed by atoms with Crippen LogP contribution in [0.4, 0.5) is 0 Å². The molecule has 0 unspecified atom stereocenters. The van der Waals surface area contributed by atoms with Crippen LogP contribution in [0.15, 0.2) is 88.9 Å². The summed E-state index contributed by atoms with van der Waals surface area (Å²) in [6.45, 7) is 4.88. The fourth-order valence-electron chi connectivity index (χ4n) is 4.69. The normalized spacial score (nSPS) is 17.6. The first-order valence-electron chi connectivity index (χ1n) is 13.7. The second-order valence-electron chi connectivity index (χ2n) is 9.62. The number of benzene rings is 3. The second kappa shape index (κ2) is 14.9. The van der Waals surface area contributed by atoms with Gasteiger partial charge in [0.2, 0.25) is 5.90 Å². The molecule has 222 valence electrons. The van der Waals surface area contributed by atoms with Crippen molar-refractivity contribution in [1.82, 2.24) is 10.9 Å². The van der Waals surface area contributed by atoms with Gasteiger partial charge in [-0.3, -0.25) is 10.2 Å². The number of hydrogen-bond donors (Lipinski definition) is 3. The molecule has 0 spiro atoms. The highest BCUT2D eigenvalue weighted by atomic mass is 79.9. The van der Waals surface area contributed by atoms with Gasteiger partial charge in [-0.05, 0) is 54.4 Å². The summed E-state index contributed by atoms with van der Waals surface area (Å²) in [5.41, 5.74) is 7.14. The summed E-state index contributed by atoms with van der Waals surface area (Å²) in [4.78, 5) is 18.8. The van der Waals surface area contributed by atoms with Gasteiger partial charge >= 0.3 is 0 Å². The van der Waals surface area contributed by atoms with Crippen LogP contribution < -0.4 is 25.1 Å². The first-order valence-corrected chi connectivity index (χ1v) is 14.4. The molecule has 0 bridgehead atoms. The minimum Gasteiger partial charge on any atom is -0.494 e. The van der Waals surface area contributed by atoms with E-state index in [0.717, 1.165) is 15.6 Å². The first kappa shape index (κ1) is 31.1. The van der Waals surface area contributed by atoms with Crippen LogP contribution >= 0.6 is 15.9 Å². The molecule has 42 heavy (non-hydrogen) atoms. The molecule has 1 aliphatic heterocycles. The van der Waals surface area contributed by atoms with E-state index in [0.29, 0.717) is 54.7 Å². The smallest absolute Gasteiger partial charge is 0.266 e. The molecule has 1 amide bonds. The fraction of sp³-hybridized carbons (Fsp3) is 0.312. The summed E-state index contributed by atoms with van der Waals surface area (Å²) in [5.74, 6) is 1.98. The Balaban J connectivity index is 1.55. The molecule has 10 heteroatoms. The number of amides is 1. The molecule has 0 radical (unpaired) electrons. The van der Waals surface area contributed by atoms with Crippen LogP contribution in [0.1, 0.15) is 35.6 Å². The van der Waals surface area contributed by atoms with Crippen LogP contribution in [-0.4, -0.2) is 56.4 Å². The van der Waals surface area contributed by atoms with Crippen LogP contribution in [0, 0.1) is 0 Å². The topological polar surface area (TPSA) is 111 Å². The van der Waals surface area contributed by atoms with Gasteiger partial charge in [-0.15, -0.1) is 6.58 Å². The van der Waals surface area contributed by atoms with Crippen LogP contribution in [0.5, 0.6) is 17.2 Å². The lowest BCUT2D eigenvalue weighted by Crippen LogP contribution is -2.52. The number of carbonyl (C=O) groups excluding carboxylic acids is 1. The molecule has 0 saturated carbocycles. The minimum absolute atomic E-state index is 0.0672. The van der Waals surface area contributed by atoms with E-state index < -0.39 is 11.6 Å². The number of halogens is 1. The number of aliphatic imine (C=N–C) groups is 1. The van der Waals surface area contributed by atoms with Gasteiger partial charge in [0.05, 0.1) is 20.8 Å². The Morgan fingerprint density at radius 1 is 1.12 bits per heavy atom. The number of aliphatic hydroxyl groups excluding tert-OH is 1. The summed E-state index contributed by atoms with van der Waals surface area (Å²) in [6.07, 6.45) is 2.40. The molecule has 1 heterocycles. The average Bonchev–Trinajstić information content (AvgIpc) is 3.40. The summed E-state index contributed by atoms with van der Waals surface area (Å²) in [7, 11) is 3.20. The van der Waals surface area contributed by atoms with Crippen molar-refractivity contribution < 1.29 is 28.8 Å². The zero-order valence-corrected chi connectivity index (χ0v) is 25.4. The predicted octanol–water partition coefficient (Wildman–Crippen LogP) is 4.92. The van der Waals surface area contributed by atoms with E-state index in [-0.39, 0.29) is 18.9 Å². The number of hydrogen-bond acceptors (Lipinski definition) is 8. The van der Waals surface area contributed by atoms with Gasteiger partial charge in [-0.1, -0.05) is 46.3 Å². The first-order chi connectivity index (χ1) is 20.4. The molecule has 9 nitrogen and oxygen atoms in total. The molecule has 0 aromatic heterocycles. The molecule has 0 fully saturated rings. The Morgan fingerprint density at radius 2 is 1.88 bits per heavy atom. The van der Waals surface area contributed by atoms with Gasteiger partial charge in [-0.2, -0.15) is 0 Å². The summed E-state index contributed by atoms with van der Waals surface area (Å²) < 4.78 is 23.6. The highest BCUT2D eigenvalue weighted by molar-refractivity contribution is 9.10. The van der Waals surface area contributed by atoms with Crippen molar-refractivity contribution in [2.45, 2.75) is 30.9 Å². The van der Waals surface area contributed by atoms with Crippen LogP contribution in [0.25, 0.3) is 0 Å². The second-order valence-corrected chi connectivity index (χ2v) is 10.5. The van der Waals surface area contributed by atoms with Crippen LogP contribution in [-0.2, 0) is 16.0 Å². The molecule has 1 aliphatic rings. The molecule has 3 N–H and O–H groups in total. The van der Waals surface area contributed by atoms with E-state index in [1.165, 1.54) is 0 Å². The van der Waals surface area contributed by atoms with Crippen molar-refractivity contribution in [3.8, 4) is 17.2 Å². The Labute approximate surface area is 254 Å². The molecule has 2 atom stereocenters. The van der Waals surface area contributed by atoms with Crippen molar-refractivity contribution in [3.05, 3.63) is 101 Å². The third-order valence-corrected chi connectivity index (χ3v) is 7.58. The van der Waals surface area contributed by atoms with E-state index in [1.807, 2.05) is 66.7 Å². The van der Waals surface area contributed by atoms with Crippen LogP contribution in [0.3, 0.4) is 0 Å². The number of carbonyl (C=O) groups is 1. The number of nitrogens with one attached hydrogen (secondary N) is 2. The van der Waals surface area contributed by atoms with Gasteiger partial charge < -0.3 is 24.1 Å². The maximum absolute atomic E-state index is 13.9. The number of methoxy groups -OCH3 is 2. The quantitative estimate of drug-likeness (QED) is 0.123. The maximum Gasteiger partial charge on any atom is 0.266 e. The van der Waals surface area contributed by atoms with Crippen LogP contribution in [0.2, 0.25) is 0 Å². The van der Waals surface area contributed by atoms with Gasteiger partial charge in [-0.25, -0.2) is 10.4 Å². The summed E-state index contributed by atoms with van der Waals surface area (Å²) in [5, 5.41) is 9.00. The Morgan fingerprint density at radius 3 is 2.57 bits per heavy atom. The van der Waals surface area contributed by atoms with Crippen molar-refractivity contribution in [2.75, 3.05) is 34.0 Å². The van der Waals surface area contributed by atoms with E-state index in [9.17, 15) is 4.79 Å². The van der Waals surface area contributed by atoms with Crippen molar-refractivity contribution >= 4 is 27.7 Å². The lowest BCUT2D eigenvalue weighted by molar-refractivity contribution is -0.129. The highest BCUT2D eigenvalue weighted by Gasteiger charge is 2.53. The summed E-state index contributed by atoms with van der Waals surface area (Å²) in [6, 6.07) is 20.7. The number of ether oxygens (including phenoxy) is 4. The Bertz CT molecular complexity index is 1400. The van der Waals surface area contributed by atoms with E-state index in [1.54, 1.807) is 20.3 Å². The largest absolute Gasteiger partial charge is 0.494 e. The predicted molar refractivity (Wildman–Crippen MR) is 165 cm³/mol. The van der Waals surface area contributed by atoms with Gasteiger partial charge in [0.25, 0.3) is 5.91 Å². The molecule has 0 aliphatic carbocycles. The van der Waals surface area contributed by atoms with E-state index in [2.05, 4.69) is 33.4 Å². The van der Waals surface area contributed by atoms with E-state index in [4.69, 9.17) is 29.0 Å². The molecular weight excluding hydrogens is 602 g/mol. The lowest BCUT2D eigenvalue weighted by atomic mass is 9.84. The van der Waals surface area contributed by atoms with Crippen molar-refractivity contribution in [3.63, 3.8) is 0 Å². The zero-order valence-electron chi connectivity index (χ0n) is 23.8. The molecule has 3 aromatic rings. The molecule has 3 aromatic carbocycles. The molecular formula is C32H36BrN3O6. The monoisotopic (exact) mass is 637 g/mol. The van der Waals surface area contributed by atoms with Crippen molar-refractivity contribution in [2.24, 2.45) is 4.99 Å². The minimum atomic E-state index is -1.31.